The third-order valence-electron chi connectivity index (χ3n) is 3.90. The highest BCUT2D eigenvalue weighted by atomic mass is 16.5. The Bertz CT molecular complexity index is 533. The molecule has 0 bridgehead atoms. The number of pyridine rings is 1. The van der Waals surface area contributed by atoms with Gasteiger partial charge in [-0.2, -0.15) is 0 Å². The van der Waals surface area contributed by atoms with Crippen LogP contribution in [0.1, 0.15) is 23.2 Å². The van der Waals surface area contributed by atoms with Crippen LogP contribution >= 0.6 is 0 Å². The van der Waals surface area contributed by atoms with Gasteiger partial charge in [0.05, 0.1) is 6.61 Å². The molecule has 6 heteroatoms. The van der Waals surface area contributed by atoms with E-state index in [0.29, 0.717) is 0 Å². The number of aryl methyl sites for hydroxylation is 1. The molecule has 1 amide bonds. The van der Waals surface area contributed by atoms with Gasteiger partial charge in [-0.1, -0.05) is 0 Å². The molecule has 116 valence electrons. The van der Waals surface area contributed by atoms with Gasteiger partial charge in [0, 0.05) is 46.0 Å². The lowest BCUT2D eigenvalue weighted by Gasteiger charge is -2.32. The van der Waals surface area contributed by atoms with E-state index < -0.39 is 0 Å². The maximum absolute atomic E-state index is 12.2. The highest BCUT2D eigenvalue weighted by Gasteiger charge is 2.21. The molecule has 21 heavy (non-hydrogen) atoms. The van der Waals surface area contributed by atoms with Crippen molar-refractivity contribution in [2.75, 3.05) is 33.4 Å². The first-order valence-electron chi connectivity index (χ1n) is 7.29. The van der Waals surface area contributed by atoms with E-state index in [1.54, 1.807) is 32.5 Å². The van der Waals surface area contributed by atoms with E-state index in [9.17, 15) is 9.59 Å². The van der Waals surface area contributed by atoms with Gasteiger partial charge in [-0.3, -0.25) is 9.59 Å². The monoisotopic (exact) mass is 293 g/mol. The fraction of sp³-hybridized carbons (Fsp3) is 0.600. The molecule has 1 saturated heterocycles. The Hall–Kier alpha value is -1.66. The van der Waals surface area contributed by atoms with Crippen LogP contribution in [0.15, 0.2) is 23.1 Å². The SMILES string of the molecule is COCCN1CCC(NC(=O)c2cccn(C)c2=O)CC1. The fourth-order valence-electron chi connectivity index (χ4n) is 2.55. The molecule has 0 saturated carbocycles. The maximum atomic E-state index is 12.2. The minimum Gasteiger partial charge on any atom is -0.383 e. The van der Waals surface area contributed by atoms with Gasteiger partial charge in [0.2, 0.25) is 0 Å². The van der Waals surface area contributed by atoms with E-state index in [-0.39, 0.29) is 23.1 Å². The van der Waals surface area contributed by atoms with E-state index >= 15 is 0 Å². The van der Waals surface area contributed by atoms with Gasteiger partial charge in [-0.15, -0.1) is 0 Å². The summed E-state index contributed by atoms with van der Waals surface area (Å²) in [6.07, 6.45) is 3.46. The lowest BCUT2D eigenvalue weighted by atomic mass is 10.0. The van der Waals surface area contributed by atoms with Crippen LogP contribution in [0.5, 0.6) is 0 Å². The Morgan fingerprint density at radius 3 is 2.81 bits per heavy atom. The molecular weight excluding hydrogens is 270 g/mol. The summed E-state index contributed by atoms with van der Waals surface area (Å²) in [5.74, 6) is -0.272. The fourth-order valence-corrected chi connectivity index (χ4v) is 2.55. The number of ether oxygens (including phenoxy) is 1. The highest BCUT2D eigenvalue weighted by Crippen LogP contribution is 2.10. The largest absolute Gasteiger partial charge is 0.383 e. The van der Waals surface area contributed by atoms with Gasteiger partial charge in [0.25, 0.3) is 11.5 Å². The van der Waals surface area contributed by atoms with Crippen LogP contribution in [0.3, 0.4) is 0 Å². The van der Waals surface area contributed by atoms with E-state index in [4.69, 9.17) is 4.74 Å². The molecule has 2 rings (SSSR count). The summed E-state index contributed by atoms with van der Waals surface area (Å²) in [7, 11) is 3.35. The van der Waals surface area contributed by atoms with Crippen LogP contribution in [-0.2, 0) is 11.8 Å². The third-order valence-corrected chi connectivity index (χ3v) is 3.90. The second-order valence-corrected chi connectivity index (χ2v) is 5.42. The minimum absolute atomic E-state index is 0.140. The van der Waals surface area contributed by atoms with Crippen molar-refractivity contribution in [3.8, 4) is 0 Å². The molecule has 0 atom stereocenters. The summed E-state index contributed by atoms with van der Waals surface area (Å²) in [6, 6.07) is 3.43. The molecule has 0 unspecified atom stereocenters. The van der Waals surface area contributed by atoms with Crippen LogP contribution in [0, 0.1) is 0 Å². The number of amides is 1. The smallest absolute Gasteiger partial charge is 0.263 e. The molecule has 1 aromatic heterocycles. The van der Waals surface area contributed by atoms with Crippen molar-refractivity contribution < 1.29 is 9.53 Å². The third kappa shape index (κ3) is 4.15. The number of rotatable bonds is 5. The number of carbonyl (C=O) groups excluding carboxylic acids is 1. The van der Waals surface area contributed by atoms with Gasteiger partial charge >= 0.3 is 0 Å². The lowest BCUT2D eigenvalue weighted by molar-refractivity contribution is 0.0891. The van der Waals surface area contributed by atoms with Gasteiger partial charge in [0.15, 0.2) is 0 Å². The molecule has 0 aromatic carbocycles. The number of nitrogens with one attached hydrogen (secondary N) is 1. The molecule has 0 radical (unpaired) electrons. The molecule has 6 nitrogen and oxygen atoms in total. The predicted octanol–water partition coefficient (Wildman–Crippen LogP) is 0.226. The van der Waals surface area contributed by atoms with Crippen LogP contribution < -0.4 is 10.9 Å². The van der Waals surface area contributed by atoms with E-state index in [2.05, 4.69) is 10.2 Å². The van der Waals surface area contributed by atoms with Crippen LogP contribution in [0.4, 0.5) is 0 Å². The summed E-state index contributed by atoms with van der Waals surface area (Å²) in [4.78, 5) is 26.4. The van der Waals surface area contributed by atoms with Crippen LogP contribution in [-0.4, -0.2) is 54.8 Å². The zero-order valence-electron chi connectivity index (χ0n) is 12.7. The number of carbonyl (C=O) groups is 1. The highest BCUT2D eigenvalue weighted by molar-refractivity contribution is 5.93. The number of piperidine rings is 1. The van der Waals surface area contributed by atoms with Crippen molar-refractivity contribution in [3.63, 3.8) is 0 Å². The van der Waals surface area contributed by atoms with Crippen molar-refractivity contribution in [1.82, 2.24) is 14.8 Å². The molecular formula is C15H23N3O3. The predicted molar refractivity (Wildman–Crippen MR) is 80.5 cm³/mol. The number of hydrogen-bond donors (Lipinski definition) is 1. The standard InChI is InChI=1S/C15H23N3O3/c1-17-7-3-4-13(15(17)20)14(19)16-12-5-8-18(9-6-12)10-11-21-2/h3-4,7,12H,5-6,8-11H2,1-2H3,(H,16,19). The van der Waals surface area contributed by atoms with Gasteiger partial charge in [-0.25, -0.2) is 0 Å². The normalized spacial score (nSPS) is 16.9. The number of hydrogen-bond acceptors (Lipinski definition) is 4. The summed E-state index contributed by atoms with van der Waals surface area (Å²) < 4.78 is 6.49. The Labute approximate surface area is 124 Å². The van der Waals surface area contributed by atoms with E-state index in [1.807, 2.05) is 0 Å². The summed E-state index contributed by atoms with van der Waals surface area (Å²) in [6.45, 7) is 3.55. The van der Waals surface area contributed by atoms with Gasteiger partial charge < -0.3 is 19.5 Å². The lowest BCUT2D eigenvalue weighted by Crippen LogP contribution is -2.46. The summed E-state index contributed by atoms with van der Waals surface area (Å²) in [5, 5.41) is 2.97. The number of likely N-dealkylation sites (tertiary alicyclic amines) is 1. The summed E-state index contributed by atoms with van der Waals surface area (Å²) in [5.41, 5.74) is -0.0469. The Kier molecular flexibility index (Phi) is 5.52. The van der Waals surface area contributed by atoms with Crippen LogP contribution in [0.25, 0.3) is 0 Å². The van der Waals surface area contributed by atoms with E-state index in [0.717, 1.165) is 39.1 Å². The molecule has 1 aliphatic heterocycles. The zero-order chi connectivity index (χ0) is 15.2. The molecule has 2 heterocycles. The first-order valence-corrected chi connectivity index (χ1v) is 7.29. The average Bonchev–Trinajstić information content (AvgIpc) is 2.49. The van der Waals surface area contributed by atoms with Crippen molar-refractivity contribution in [3.05, 3.63) is 34.2 Å². The topological polar surface area (TPSA) is 63.6 Å². The Morgan fingerprint density at radius 2 is 2.14 bits per heavy atom. The summed E-state index contributed by atoms with van der Waals surface area (Å²) >= 11 is 0. The number of methoxy groups -OCH3 is 1. The molecule has 1 fully saturated rings. The van der Waals surface area contributed by atoms with Crippen molar-refractivity contribution in [2.24, 2.45) is 7.05 Å². The molecule has 1 aromatic rings. The van der Waals surface area contributed by atoms with Crippen molar-refractivity contribution in [1.29, 1.82) is 0 Å². The minimum atomic E-state index is -0.272. The quantitative estimate of drug-likeness (QED) is 0.844. The van der Waals surface area contributed by atoms with Crippen molar-refractivity contribution in [2.45, 2.75) is 18.9 Å². The van der Waals surface area contributed by atoms with Gasteiger partial charge in [-0.05, 0) is 25.0 Å². The van der Waals surface area contributed by atoms with Crippen molar-refractivity contribution >= 4 is 5.91 Å². The second-order valence-electron chi connectivity index (χ2n) is 5.42. The number of nitrogens with zero attached hydrogens (tertiary/aromatic N) is 2. The molecule has 0 aliphatic carbocycles. The first kappa shape index (κ1) is 15.7. The maximum Gasteiger partial charge on any atom is 0.263 e. The number of aromatic nitrogens is 1. The molecule has 1 N–H and O–H groups in total. The van der Waals surface area contributed by atoms with Gasteiger partial charge in [0.1, 0.15) is 5.56 Å². The average molecular weight is 293 g/mol. The molecule has 0 spiro atoms. The van der Waals surface area contributed by atoms with E-state index in [1.165, 1.54) is 4.57 Å². The van der Waals surface area contributed by atoms with Crippen LogP contribution in [0.2, 0.25) is 0 Å². The second kappa shape index (κ2) is 7.38. The first-order chi connectivity index (χ1) is 10.1. The Balaban J connectivity index is 1.87. The Morgan fingerprint density at radius 1 is 1.43 bits per heavy atom. The zero-order valence-corrected chi connectivity index (χ0v) is 12.7. The molecule has 1 aliphatic rings.